The Morgan fingerprint density at radius 2 is 2.16 bits per heavy atom. The molecule has 0 aliphatic heterocycles. The zero-order valence-corrected chi connectivity index (χ0v) is 11.4. The second-order valence-corrected chi connectivity index (χ2v) is 5.40. The second-order valence-electron chi connectivity index (χ2n) is 5.01. The van der Waals surface area contributed by atoms with Crippen LogP contribution in [-0.2, 0) is 6.42 Å². The average molecular weight is 279 g/mol. The summed E-state index contributed by atoms with van der Waals surface area (Å²) in [6.45, 7) is 1.75. The Hall–Kier alpha value is -1.39. The summed E-state index contributed by atoms with van der Waals surface area (Å²) in [5.74, 6) is 0.607. The van der Waals surface area contributed by atoms with Crippen LogP contribution in [0.2, 0.25) is 5.15 Å². The van der Waals surface area contributed by atoms with Crippen LogP contribution in [0.5, 0.6) is 5.88 Å². The minimum atomic E-state index is -0.424. The minimum absolute atomic E-state index is 0.286. The van der Waals surface area contributed by atoms with Crippen molar-refractivity contribution >= 4 is 22.4 Å². The van der Waals surface area contributed by atoms with Gasteiger partial charge in [0.15, 0.2) is 0 Å². The molecule has 1 fully saturated rings. The monoisotopic (exact) mass is 278 g/mol. The molecule has 1 unspecified atom stereocenters. The summed E-state index contributed by atoms with van der Waals surface area (Å²) < 4.78 is 5.78. The number of aliphatic hydroxyl groups excluding tert-OH is 1. The van der Waals surface area contributed by atoms with Crippen LogP contribution in [0.3, 0.4) is 0 Å². The van der Waals surface area contributed by atoms with E-state index in [9.17, 15) is 5.11 Å². The van der Waals surface area contributed by atoms with E-state index in [4.69, 9.17) is 16.3 Å². The summed E-state index contributed by atoms with van der Waals surface area (Å²) >= 11 is 5.96. The number of hydrogen-bond acceptors (Lipinski definition) is 4. The predicted molar refractivity (Wildman–Crippen MR) is 73.6 cm³/mol. The maximum Gasteiger partial charge on any atom is 0.223 e. The number of nitrogens with zero attached hydrogens (tertiary/aromatic N) is 2. The molecule has 0 bridgehead atoms. The molecular formula is C14H15ClN2O2. The highest BCUT2D eigenvalue weighted by atomic mass is 35.5. The van der Waals surface area contributed by atoms with E-state index in [1.54, 1.807) is 25.4 Å². The molecule has 100 valence electrons. The molecule has 0 spiro atoms. The Morgan fingerprint density at radius 3 is 2.84 bits per heavy atom. The molecule has 2 aromatic heterocycles. The summed E-state index contributed by atoms with van der Waals surface area (Å²) in [4.78, 5) is 8.45. The molecule has 1 atom stereocenters. The van der Waals surface area contributed by atoms with Crippen molar-refractivity contribution in [3.05, 3.63) is 29.2 Å². The number of hydrogen-bond donors (Lipinski definition) is 1. The van der Waals surface area contributed by atoms with Crippen molar-refractivity contribution in [2.75, 3.05) is 0 Å². The third-order valence-corrected chi connectivity index (χ3v) is 3.31. The molecule has 19 heavy (non-hydrogen) atoms. The SMILES string of the molecule is CC(O)Cc1cnc(OC2CC2)c2cnc(Cl)cc12. The lowest BCUT2D eigenvalue weighted by atomic mass is 10.0. The first-order chi connectivity index (χ1) is 9.13. The number of pyridine rings is 2. The lowest BCUT2D eigenvalue weighted by Crippen LogP contribution is -2.07. The summed E-state index contributed by atoms with van der Waals surface area (Å²) in [5, 5.41) is 11.8. The predicted octanol–water partition coefficient (Wildman–Crippen LogP) is 2.75. The Bertz CT molecular complexity index is 612. The minimum Gasteiger partial charge on any atom is -0.474 e. The number of aromatic nitrogens is 2. The lowest BCUT2D eigenvalue weighted by Gasteiger charge is -2.12. The summed E-state index contributed by atoms with van der Waals surface area (Å²) in [6, 6.07) is 1.80. The fourth-order valence-corrected chi connectivity index (χ4v) is 2.22. The Morgan fingerprint density at radius 1 is 1.37 bits per heavy atom. The van der Waals surface area contributed by atoms with Gasteiger partial charge in [-0.3, -0.25) is 0 Å². The van der Waals surface area contributed by atoms with Crippen LogP contribution in [0, 0.1) is 0 Å². The van der Waals surface area contributed by atoms with Gasteiger partial charge >= 0.3 is 0 Å². The van der Waals surface area contributed by atoms with Gasteiger partial charge in [0.2, 0.25) is 5.88 Å². The van der Waals surface area contributed by atoms with Gasteiger partial charge in [-0.1, -0.05) is 11.6 Å². The van der Waals surface area contributed by atoms with Gasteiger partial charge < -0.3 is 9.84 Å². The maximum atomic E-state index is 9.55. The molecular weight excluding hydrogens is 264 g/mol. The third-order valence-electron chi connectivity index (χ3n) is 3.10. The molecule has 4 nitrogen and oxygen atoms in total. The Balaban J connectivity index is 2.09. The molecule has 1 saturated carbocycles. The van der Waals surface area contributed by atoms with Gasteiger partial charge in [-0.05, 0) is 36.8 Å². The van der Waals surface area contributed by atoms with E-state index in [-0.39, 0.29) is 6.10 Å². The van der Waals surface area contributed by atoms with Gasteiger partial charge in [-0.2, -0.15) is 0 Å². The van der Waals surface area contributed by atoms with Crippen molar-refractivity contribution in [3.8, 4) is 5.88 Å². The number of rotatable bonds is 4. The molecule has 0 saturated heterocycles. The zero-order valence-electron chi connectivity index (χ0n) is 10.6. The van der Waals surface area contributed by atoms with E-state index >= 15 is 0 Å². The Labute approximate surface area is 116 Å². The normalized spacial score (nSPS) is 16.6. The van der Waals surface area contributed by atoms with Crippen LogP contribution in [0.4, 0.5) is 0 Å². The standard InChI is InChI=1S/C14H15ClN2O2/c1-8(18)4-9-6-17-14(19-10-2-3-10)12-7-16-13(15)5-11(9)12/h5-8,10,18H,2-4H2,1H3. The molecule has 0 aromatic carbocycles. The van der Waals surface area contributed by atoms with Crippen molar-refractivity contribution in [2.24, 2.45) is 0 Å². The summed E-state index contributed by atoms with van der Waals surface area (Å²) in [5.41, 5.74) is 0.956. The summed E-state index contributed by atoms with van der Waals surface area (Å²) in [7, 11) is 0. The molecule has 1 N–H and O–H groups in total. The van der Waals surface area contributed by atoms with Crippen molar-refractivity contribution < 1.29 is 9.84 Å². The summed E-state index contributed by atoms with van der Waals surface area (Å²) in [6.07, 6.45) is 6.00. The largest absolute Gasteiger partial charge is 0.474 e. The fraction of sp³-hybridized carbons (Fsp3) is 0.429. The molecule has 0 radical (unpaired) electrons. The molecule has 1 aliphatic rings. The first-order valence-corrected chi connectivity index (χ1v) is 6.79. The molecule has 5 heteroatoms. The Kier molecular flexibility index (Phi) is 3.29. The van der Waals surface area contributed by atoms with Crippen molar-refractivity contribution in [2.45, 2.75) is 38.4 Å². The van der Waals surface area contributed by atoms with Crippen LogP contribution in [0.1, 0.15) is 25.3 Å². The van der Waals surface area contributed by atoms with Crippen molar-refractivity contribution in [1.82, 2.24) is 9.97 Å². The van der Waals surface area contributed by atoms with E-state index in [2.05, 4.69) is 9.97 Å². The van der Waals surface area contributed by atoms with Crippen LogP contribution in [0.15, 0.2) is 18.5 Å². The van der Waals surface area contributed by atoms with Crippen LogP contribution < -0.4 is 4.74 Å². The highest BCUT2D eigenvalue weighted by Gasteiger charge is 2.25. The molecule has 2 heterocycles. The highest BCUT2D eigenvalue weighted by molar-refractivity contribution is 6.30. The van der Waals surface area contributed by atoms with Crippen LogP contribution in [-0.4, -0.2) is 27.3 Å². The van der Waals surface area contributed by atoms with Gasteiger partial charge in [0.1, 0.15) is 11.3 Å². The van der Waals surface area contributed by atoms with E-state index in [0.29, 0.717) is 17.5 Å². The van der Waals surface area contributed by atoms with Gasteiger partial charge in [-0.15, -0.1) is 0 Å². The number of fused-ring (bicyclic) bond motifs is 1. The first-order valence-electron chi connectivity index (χ1n) is 6.41. The zero-order chi connectivity index (χ0) is 13.4. The van der Waals surface area contributed by atoms with Crippen molar-refractivity contribution in [3.63, 3.8) is 0 Å². The van der Waals surface area contributed by atoms with E-state index in [1.165, 1.54) is 0 Å². The van der Waals surface area contributed by atoms with E-state index in [1.807, 2.05) is 0 Å². The third kappa shape index (κ3) is 2.80. The van der Waals surface area contributed by atoms with Gasteiger partial charge in [0.05, 0.1) is 11.5 Å². The van der Waals surface area contributed by atoms with Crippen LogP contribution >= 0.6 is 11.6 Å². The number of halogens is 1. The van der Waals surface area contributed by atoms with Gasteiger partial charge in [0, 0.05) is 18.8 Å². The van der Waals surface area contributed by atoms with Crippen molar-refractivity contribution in [1.29, 1.82) is 0 Å². The van der Waals surface area contributed by atoms with Gasteiger partial charge in [-0.25, -0.2) is 9.97 Å². The molecule has 3 rings (SSSR count). The topological polar surface area (TPSA) is 55.2 Å². The number of ether oxygens (including phenoxy) is 1. The lowest BCUT2D eigenvalue weighted by molar-refractivity contribution is 0.195. The van der Waals surface area contributed by atoms with Crippen LogP contribution in [0.25, 0.3) is 10.8 Å². The number of aliphatic hydroxyl groups is 1. The fourth-order valence-electron chi connectivity index (χ4n) is 2.06. The van der Waals surface area contributed by atoms with E-state index < -0.39 is 6.10 Å². The van der Waals surface area contributed by atoms with E-state index in [0.717, 1.165) is 29.2 Å². The average Bonchev–Trinajstić information content (AvgIpc) is 3.15. The molecule has 2 aromatic rings. The van der Waals surface area contributed by atoms with Gasteiger partial charge in [0.25, 0.3) is 0 Å². The quantitative estimate of drug-likeness (QED) is 0.874. The maximum absolute atomic E-state index is 9.55. The first kappa shape index (κ1) is 12.6. The molecule has 0 amide bonds. The smallest absolute Gasteiger partial charge is 0.223 e. The molecule has 1 aliphatic carbocycles. The highest BCUT2D eigenvalue weighted by Crippen LogP contribution is 2.32. The second kappa shape index (κ2) is 4.94.